The van der Waals surface area contributed by atoms with Crippen molar-refractivity contribution >= 4 is 15.7 Å². The SMILES string of the molecule is CN(C)CCCOc1cccc(CCNS(=O)(=O)c2ccc(N)cc2)c1. The largest absolute Gasteiger partial charge is 0.494 e. The van der Waals surface area contributed by atoms with Crippen LogP contribution in [0.5, 0.6) is 5.75 Å². The summed E-state index contributed by atoms with van der Waals surface area (Å²) in [6.07, 6.45) is 1.54. The predicted molar refractivity (Wildman–Crippen MR) is 105 cm³/mol. The normalized spacial score (nSPS) is 11.7. The van der Waals surface area contributed by atoms with Crippen LogP contribution in [-0.2, 0) is 16.4 Å². The first-order valence-corrected chi connectivity index (χ1v) is 10.1. The Bertz CT molecular complexity index is 790. The van der Waals surface area contributed by atoms with E-state index in [0.29, 0.717) is 25.3 Å². The number of nitrogens with two attached hydrogens (primary N) is 1. The number of rotatable bonds is 10. The highest BCUT2D eigenvalue weighted by atomic mass is 32.2. The standard InChI is InChI=1S/C19H27N3O3S/c1-22(2)13-4-14-25-18-6-3-5-16(15-18)11-12-21-26(23,24)19-9-7-17(20)8-10-19/h3,5-10,15,21H,4,11-14,20H2,1-2H3. The highest BCUT2D eigenvalue weighted by Gasteiger charge is 2.12. The van der Waals surface area contributed by atoms with E-state index >= 15 is 0 Å². The Balaban J connectivity index is 1.83. The lowest BCUT2D eigenvalue weighted by Gasteiger charge is -2.11. The lowest BCUT2D eigenvalue weighted by atomic mass is 10.1. The summed E-state index contributed by atoms with van der Waals surface area (Å²) in [6, 6.07) is 13.9. The van der Waals surface area contributed by atoms with Crippen molar-refractivity contribution in [3.05, 3.63) is 54.1 Å². The van der Waals surface area contributed by atoms with Crippen molar-refractivity contribution in [1.29, 1.82) is 0 Å². The number of nitrogens with zero attached hydrogens (tertiary/aromatic N) is 1. The van der Waals surface area contributed by atoms with E-state index in [0.717, 1.165) is 24.3 Å². The second-order valence-electron chi connectivity index (χ2n) is 6.37. The Kier molecular flexibility index (Phi) is 7.44. The number of hydrogen-bond donors (Lipinski definition) is 2. The summed E-state index contributed by atoms with van der Waals surface area (Å²) < 4.78 is 32.9. The molecule has 0 heterocycles. The summed E-state index contributed by atoms with van der Waals surface area (Å²) in [5.74, 6) is 0.808. The van der Waals surface area contributed by atoms with Crippen molar-refractivity contribution in [2.75, 3.05) is 39.5 Å². The van der Waals surface area contributed by atoms with Crippen molar-refractivity contribution in [3.63, 3.8) is 0 Å². The average molecular weight is 378 g/mol. The maximum atomic E-state index is 12.2. The second-order valence-corrected chi connectivity index (χ2v) is 8.14. The Morgan fingerprint density at radius 1 is 1.12 bits per heavy atom. The second kappa shape index (κ2) is 9.56. The van der Waals surface area contributed by atoms with Crippen LogP contribution in [0, 0.1) is 0 Å². The maximum Gasteiger partial charge on any atom is 0.240 e. The molecule has 26 heavy (non-hydrogen) atoms. The monoisotopic (exact) mass is 377 g/mol. The van der Waals surface area contributed by atoms with Gasteiger partial charge in [0.15, 0.2) is 0 Å². The van der Waals surface area contributed by atoms with Gasteiger partial charge in [-0.3, -0.25) is 0 Å². The van der Waals surface area contributed by atoms with Gasteiger partial charge in [-0.2, -0.15) is 0 Å². The lowest BCUT2D eigenvalue weighted by molar-refractivity contribution is 0.281. The van der Waals surface area contributed by atoms with Crippen LogP contribution in [0.3, 0.4) is 0 Å². The van der Waals surface area contributed by atoms with E-state index < -0.39 is 10.0 Å². The molecule has 0 radical (unpaired) electrons. The Morgan fingerprint density at radius 2 is 1.85 bits per heavy atom. The van der Waals surface area contributed by atoms with Gasteiger partial charge in [0.25, 0.3) is 0 Å². The number of hydrogen-bond acceptors (Lipinski definition) is 5. The number of nitrogen functional groups attached to an aromatic ring is 1. The zero-order valence-electron chi connectivity index (χ0n) is 15.3. The fourth-order valence-corrected chi connectivity index (χ4v) is 3.45. The summed E-state index contributed by atoms with van der Waals surface area (Å²) in [5.41, 5.74) is 7.15. The number of ether oxygens (including phenoxy) is 1. The summed E-state index contributed by atoms with van der Waals surface area (Å²) in [6.45, 7) is 1.95. The molecule has 0 fully saturated rings. The van der Waals surface area contributed by atoms with E-state index in [2.05, 4.69) is 9.62 Å². The van der Waals surface area contributed by atoms with E-state index in [1.54, 1.807) is 12.1 Å². The van der Waals surface area contributed by atoms with Crippen LogP contribution in [0.2, 0.25) is 0 Å². The Labute approximate surface area is 156 Å². The summed E-state index contributed by atoms with van der Waals surface area (Å²) in [5, 5.41) is 0. The van der Waals surface area contributed by atoms with E-state index in [1.807, 2.05) is 38.4 Å². The van der Waals surface area contributed by atoms with Gasteiger partial charge >= 0.3 is 0 Å². The maximum absolute atomic E-state index is 12.2. The molecule has 0 aliphatic carbocycles. The topological polar surface area (TPSA) is 84.7 Å². The molecule has 0 unspecified atom stereocenters. The van der Waals surface area contributed by atoms with Crippen LogP contribution in [0.4, 0.5) is 5.69 Å². The first-order valence-electron chi connectivity index (χ1n) is 8.58. The van der Waals surface area contributed by atoms with Gasteiger partial charge in [-0.25, -0.2) is 13.1 Å². The lowest BCUT2D eigenvalue weighted by Crippen LogP contribution is -2.26. The molecular weight excluding hydrogens is 350 g/mol. The quantitative estimate of drug-likeness (QED) is 0.489. The third-order valence-corrected chi connectivity index (χ3v) is 5.29. The molecule has 0 aliphatic rings. The molecule has 6 nitrogen and oxygen atoms in total. The van der Waals surface area contributed by atoms with Gasteiger partial charge in [-0.05, 0) is 68.9 Å². The van der Waals surface area contributed by atoms with Crippen molar-refractivity contribution in [1.82, 2.24) is 9.62 Å². The number of sulfonamides is 1. The zero-order chi connectivity index (χ0) is 19.0. The summed E-state index contributed by atoms with van der Waals surface area (Å²) in [7, 11) is 0.543. The first kappa shape index (κ1) is 20.2. The van der Waals surface area contributed by atoms with Gasteiger partial charge < -0.3 is 15.4 Å². The van der Waals surface area contributed by atoms with Crippen molar-refractivity contribution in [2.45, 2.75) is 17.7 Å². The van der Waals surface area contributed by atoms with Crippen LogP contribution in [0.1, 0.15) is 12.0 Å². The molecule has 0 aliphatic heterocycles. The zero-order valence-corrected chi connectivity index (χ0v) is 16.1. The molecule has 2 aromatic rings. The number of nitrogens with one attached hydrogen (secondary N) is 1. The number of benzene rings is 2. The molecule has 7 heteroatoms. The third kappa shape index (κ3) is 6.67. The molecular formula is C19H27N3O3S. The number of anilines is 1. The molecule has 0 saturated heterocycles. The van der Waals surface area contributed by atoms with E-state index in [1.165, 1.54) is 12.1 Å². The van der Waals surface area contributed by atoms with Gasteiger partial charge in [0.05, 0.1) is 11.5 Å². The molecule has 0 amide bonds. The van der Waals surface area contributed by atoms with Crippen molar-refractivity contribution in [3.8, 4) is 5.75 Å². The molecule has 0 spiro atoms. The smallest absolute Gasteiger partial charge is 0.240 e. The van der Waals surface area contributed by atoms with Crippen LogP contribution in [0.15, 0.2) is 53.4 Å². The molecule has 0 atom stereocenters. The van der Waals surface area contributed by atoms with Gasteiger partial charge in [-0.15, -0.1) is 0 Å². The highest BCUT2D eigenvalue weighted by molar-refractivity contribution is 7.89. The molecule has 0 saturated carbocycles. The van der Waals surface area contributed by atoms with Crippen molar-refractivity contribution in [2.24, 2.45) is 0 Å². The van der Waals surface area contributed by atoms with Gasteiger partial charge in [0.1, 0.15) is 5.75 Å². The van der Waals surface area contributed by atoms with Crippen LogP contribution >= 0.6 is 0 Å². The van der Waals surface area contributed by atoms with E-state index in [4.69, 9.17) is 10.5 Å². The predicted octanol–water partition coefficient (Wildman–Crippen LogP) is 2.12. The van der Waals surface area contributed by atoms with Crippen LogP contribution in [-0.4, -0.2) is 47.1 Å². The minimum Gasteiger partial charge on any atom is -0.494 e. The van der Waals surface area contributed by atoms with E-state index in [-0.39, 0.29) is 4.90 Å². The van der Waals surface area contributed by atoms with E-state index in [9.17, 15) is 8.42 Å². The van der Waals surface area contributed by atoms with Gasteiger partial charge in [0.2, 0.25) is 10.0 Å². The first-order chi connectivity index (χ1) is 12.4. The van der Waals surface area contributed by atoms with Gasteiger partial charge in [0, 0.05) is 18.8 Å². The van der Waals surface area contributed by atoms with Crippen LogP contribution in [0.25, 0.3) is 0 Å². The molecule has 142 valence electrons. The average Bonchev–Trinajstić information content (AvgIpc) is 2.59. The van der Waals surface area contributed by atoms with Crippen molar-refractivity contribution < 1.29 is 13.2 Å². The minimum atomic E-state index is -3.52. The molecule has 3 N–H and O–H groups in total. The Hall–Kier alpha value is -2.09. The van der Waals surface area contributed by atoms with Gasteiger partial charge in [-0.1, -0.05) is 12.1 Å². The molecule has 0 bridgehead atoms. The fraction of sp³-hybridized carbons (Fsp3) is 0.368. The highest BCUT2D eigenvalue weighted by Crippen LogP contribution is 2.15. The minimum absolute atomic E-state index is 0.213. The Morgan fingerprint density at radius 3 is 2.54 bits per heavy atom. The summed E-state index contributed by atoms with van der Waals surface area (Å²) in [4.78, 5) is 2.33. The summed E-state index contributed by atoms with van der Waals surface area (Å²) >= 11 is 0. The molecule has 2 aromatic carbocycles. The fourth-order valence-electron chi connectivity index (χ4n) is 2.42. The molecule has 2 rings (SSSR count). The third-order valence-electron chi connectivity index (χ3n) is 3.81. The van der Waals surface area contributed by atoms with Crippen LogP contribution < -0.4 is 15.2 Å². The molecule has 0 aromatic heterocycles.